The molecule has 0 saturated carbocycles. The molecule has 2 saturated heterocycles. The van der Waals surface area contributed by atoms with Gasteiger partial charge >= 0.3 is 0 Å². The monoisotopic (exact) mass is 528 g/mol. The molecular formula is C30H30F2N6O. The van der Waals surface area contributed by atoms with Crippen molar-refractivity contribution in [3.05, 3.63) is 53.7 Å². The molecule has 2 fully saturated rings. The molecule has 0 bridgehead atoms. The number of rotatable bonds is 5. The number of halogens is 2. The van der Waals surface area contributed by atoms with Crippen LogP contribution in [0, 0.1) is 24.0 Å². The summed E-state index contributed by atoms with van der Waals surface area (Å²) in [7, 11) is 1.97. The number of nitrogens with one attached hydrogen (secondary N) is 1. The van der Waals surface area contributed by atoms with Crippen molar-refractivity contribution in [3.8, 4) is 23.6 Å². The van der Waals surface area contributed by atoms with Crippen molar-refractivity contribution in [1.82, 2.24) is 20.3 Å². The average Bonchev–Trinajstić information content (AvgIpc) is 2.98. The maximum atomic E-state index is 16.5. The number of fused-ring (bicyclic) bond motifs is 2. The first-order chi connectivity index (χ1) is 19.0. The lowest BCUT2D eigenvalue weighted by Crippen LogP contribution is -2.43. The van der Waals surface area contributed by atoms with E-state index >= 15 is 4.39 Å². The summed E-state index contributed by atoms with van der Waals surface area (Å²) in [5.74, 6) is 2.40. The summed E-state index contributed by atoms with van der Waals surface area (Å²) in [5.41, 5.74) is 0.753. The van der Waals surface area contributed by atoms with Crippen LogP contribution in [-0.2, 0) is 4.74 Å². The molecule has 0 unspecified atom stereocenters. The van der Waals surface area contributed by atoms with Crippen molar-refractivity contribution in [2.45, 2.75) is 25.3 Å². The predicted octanol–water partition coefficient (Wildman–Crippen LogP) is 4.52. The van der Waals surface area contributed by atoms with E-state index < -0.39 is 11.6 Å². The zero-order valence-corrected chi connectivity index (χ0v) is 21.9. The zero-order chi connectivity index (χ0) is 26.9. The normalized spacial score (nSPS) is 17.9. The van der Waals surface area contributed by atoms with Crippen LogP contribution in [0.4, 0.5) is 20.5 Å². The summed E-state index contributed by atoms with van der Waals surface area (Å²) in [6.07, 6.45) is 10.7. The van der Waals surface area contributed by atoms with Crippen LogP contribution in [-0.4, -0.2) is 67.4 Å². The highest BCUT2D eigenvalue weighted by atomic mass is 19.1. The molecular weight excluding hydrogens is 498 g/mol. The van der Waals surface area contributed by atoms with Crippen LogP contribution in [0.15, 0.2) is 36.5 Å². The summed E-state index contributed by atoms with van der Waals surface area (Å²) < 4.78 is 36.7. The Bertz CT molecular complexity index is 1570. The molecule has 0 amide bonds. The molecule has 0 spiro atoms. The van der Waals surface area contributed by atoms with Crippen LogP contribution in [0.2, 0.25) is 0 Å². The third-order valence-corrected chi connectivity index (χ3v) is 7.61. The van der Waals surface area contributed by atoms with Gasteiger partial charge in [-0.25, -0.2) is 13.8 Å². The Morgan fingerprint density at radius 3 is 2.77 bits per heavy atom. The number of hydrogen-bond acceptors (Lipinski definition) is 7. The smallest absolute Gasteiger partial charge is 0.228 e. The van der Waals surface area contributed by atoms with Gasteiger partial charge in [0.1, 0.15) is 22.8 Å². The van der Waals surface area contributed by atoms with Gasteiger partial charge in [0.25, 0.3) is 0 Å². The van der Waals surface area contributed by atoms with Crippen LogP contribution < -0.4 is 15.1 Å². The molecule has 9 heteroatoms. The van der Waals surface area contributed by atoms with Crippen molar-refractivity contribution < 1.29 is 13.5 Å². The van der Waals surface area contributed by atoms with E-state index in [9.17, 15) is 4.39 Å². The van der Waals surface area contributed by atoms with Crippen molar-refractivity contribution in [3.63, 3.8) is 0 Å². The van der Waals surface area contributed by atoms with Gasteiger partial charge in [0, 0.05) is 49.9 Å². The summed E-state index contributed by atoms with van der Waals surface area (Å²) in [4.78, 5) is 18.2. The predicted molar refractivity (Wildman–Crippen MR) is 150 cm³/mol. The Hall–Kier alpha value is -3.87. The van der Waals surface area contributed by atoms with Gasteiger partial charge < -0.3 is 19.9 Å². The van der Waals surface area contributed by atoms with Crippen LogP contribution in [0.1, 0.15) is 24.8 Å². The van der Waals surface area contributed by atoms with Crippen molar-refractivity contribution in [1.29, 1.82) is 0 Å². The number of piperidine rings is 1. The summed E-state index contributed by atoms with van der Waals surface area (Å²) >= 11 is 0. The van der Waals surface area contributed by atoms with Crippen LogP contribution in [0.3, 0.4) is 0 Å². The molecule has 0 aliphatic carbocycles. The van der Waals surface area contributed by atoms with Gasteiger partial charge in [-0.1, -0.05) is 36.6 Å². The van der Waals surface area contributed by atoms with Crippen LogP contribution >= 0.6 is 0 Å². The number of benzene rings is 2. The molecule has 2 aliphatic rings. The third kappa shape index (κ3) is 4.75. The summed E-state index contributed by atoms with van der Waals surface area (Å²) in [6.45, 7) is 4.07. The number of nitrogens with zero attached hydrogens (tertiary/aromatic N) is 5. The van der Waals surface area contributed by atoms with Crippen molar-refractivity contribution in [2.24, 2.45) is 0 Å². The first-order valence-electron chi connectivity index (χ1n) is 13.4. The molecule has 1 N–H and O–H groups in total. The number of terminal acetylenes is 1. The van der Waals surface area contributed by atoms with Gasteiger partial charge in [-0.3, -0.25) is 4.98 Å². The van der Waals surface area contributed by atoms with E-state index in [4.69, 9.17) is 21.1 Å². The topological polar surface area (TPSA) is 66.4 Å². The Labute approximate surface area is 226 Å². The van der Waals surface area contributed by atoms with E-state index in [1.807, 2.05) is 18.0 Å². The van der Waals surface area contributed by atoms with E-state index in [0.29, 0.717) is 65.8 Å². The first-order valence-corrected chi connectivity index (χ1v) is 13.4. The molecule has 7 nitrogen and oxygen atoms in total. The second-order valence-corrected chi connectivity index (χ2v) is 10.1. The van der Waals surface area contributed by atoms with E-state index in [0.717, 1.165) is 19.5 Å². The van der Waals surface area contributed by atoms with Gasteiger partial charge in [-0.05, 0) is 30.8 Å². The Kier molecular flexibility index (Phi) is 6.98. The van der Waals surface area contributed by atoms with E-state index in [-0.39, 0.29) is 16.8 Å². The molecule has 4 heterocycles. The SMILES string of the molecule is C#Cc1c(F)ccc2cccc(-c3ncc4c(N(C)C[C@@H]5CCCCN5)nc(N5CCOCC5)nc4c3F)c12. The van der Waals surface area contributed by atoms with E-state index in [2.05, 4.69) is 21.1 Å². The fraction of sp³-hybridized carbons (Fsp3) is 0.367. The van der Waals surface area contributed by atoms with E-state index in [1.54, 1.807) is 24.4 Å². The quantitative estimate of drug-likeness (QED) is 0.382. The van der Waals surface area contributed by atoms with Gasteiger partial charge in [-0.15, -0.1) is 6.42 Å². The highest BCUT2D eigenvalue weighted by Gasteiger charge is 2.25. The number of hydrogen-bond donors (Lipinski definition) is 1. The lowest BCUT2D eigenvalue weighted by molar-refractivity contribution is 0.122. The lowest BCUT2D eigenvalue weighted by Gasteiger charge is -2.31. The number of likely N-dealkylation sites (N-methyl/N-ethyl adjacent to an activating group) is 1. The minimum atomic E-state index is -0.588. The second-order valence-electron chi connectivity index (χ2n) is 10.1. The Morgan fingerprint density at radius 1 is 1.15 bits per heavy atom. The number of anilines is 2. The summed E-state index contributed by atoms with van der Waals surface area (Å²) in [5, 5.41) is 5.26. The Morgan fingerprint density at radius 2 is 2.00 bits per heavy atom. The second kappa shape index (κ2) is 10.7. The maximum Gasteiger partial charge on any atom is 0.228 e. The highest BCUT2D eigenvalue weighted by Crippen LogP contribution is 2.36. The van der Waals surface area contributed by atoms with Crippen molar-refractivity contribution in [2.75, 3.05) is 56.2 Å². The Balaban J connectivity index is 1.53. The minimum absolute atomic E-state index is 0.0735. The fourth-order valence-corrected chi connectivity index (χ4v) is 5.60. The van der Waals surface area contributed by atoms with Gasteiger partial charge in [-0.2, -0.15) is 4.98 Å². The molecule has 6 rings (SSSR count). The van der Waals surface area contributed by atoms with Crippen LogP contribution in [0.5, 0.6) is 0 Å². The largest absolute Gasteiger partial charge is 0.378 e. The van der Waals surface area contributed by atoms with Gasteiger partial charge in [0.05, 0.1) is 24.2 Å². The first kappa shape index (κ1) is 25.4. The molecule has 2 aromatic heterocycles. The molecule has 1 atom stereocenters. The molecule has 0 radical (unpaired) electrons. The number of aromatic nitrogens is 3. The minimum Gasteiger partial charge on any atom is -0.378 e. The highest BCUT2D eigenvalue weighted by molar-refractivity contribution is 6.02. The van der Waals surface area contributed by atoms with Crippen LogP contribution in [0.25, 0.3) is 32.9 Å². The number of morpholine rings is 1. The molecule has 200 valence electrons. The van der Waals surface area contributed by atoms with Gasteiger partial charge in [0.2, 0.25) is 5.95 Å². The maximum absolute atomic E-state index is 16.5. The number of pyridine rings is 1. The molecule has 2 aromatic carbocycles. The van der Waals surface area contributed by atoms with E-state index in [1.165, 1.54) is 18.9 Å². The molecule has 39 heavy (non-hydrogen) atoms. The lowest BCUT2D eigenvalue weighted by atomic mass is 9.96. The number of ether oxygens (including phenoxy) is 1. The zero-order valence-electron chi connectivity index (χ0n) is 21.9. The molecule has 4 aromatic rings. The third-order valence-electron chi connectivity index (χ3n) is 7.61. The van der Waals surface area contributed by atoms with Crippen molar-refractivity contribution >= 4 is 33.4 Å². The fourth-order valence-electron chi connectivity index (χ4n) is 5.60. The molecule has 2 aliphatic heterocycles. The summed E-state index contributed by atoms with van der Waals surface area (Å²) in [6, 6.07) is 8.62. The van der Waals surface area contributed by atoms with Gasteiger partial charge in [0.15, 0.2) is 5.82 Å². The standard InChI is InChI=1S/C30H30F2N6O/c1-3-21-24(31)11-10-19-7-6-9-22(25(19)21)27-26(32)28-23(17-34-27)29(37(2)18-20-8-4-5-12-33-20)36-30(35-28)38-13-15-39-16-14-38/h1,6-7,9-11,17,20,33H,4-5,8,12-16,18H2,2H3/t20-/m0/s1. The average molecular weight is 529 g/mol.